The van der Waals surface area contributed by atoms with Gasteiger partial charge in [0, 0.05) is 43.4 Å². The Labute approximate surface area is 171 Å². The van der Waals surface area contributed by atoms with Crippen LogP contribution in [0, 0.1) is 0 Å². The number of hydrogen-bond donors (Lipinski definition) is 0. The highest BCUT2D eigenvalue weighted by molar-refractivity contribution is 6.30. The first kappa shape index (κ1) is 19.1. The summed E-state index contributed by atoms with van der Waals surface area (Å²) < 4.78 is 5.51. The molecule has 0 radical (unpaired) electrons. The molecule has 148 valence electrons. The van der Waals surface area contributed by atoms with Crippen LogP contribution in [0.2, 0.25) is 5.02 Å². The summed E-state index contributed by atoms with van der Waals surface area (Å²) >= 11 is 6.11. The lowest BCUT2D eigenvalue weighted by molar-refractivity contribution is -0.121. The Morgan fingerprint density at radius 2 is 1.71 bits per heavy atom. The Morgan fingerprint density at radius 1 is 0.929 bits per heavy atom. The number of unbranched alkanes of at least 4 members (excludes halogenated alkanes) is 1. The van der Waals surface area contributed by atoms with Crippen molar-refractivity contribution < 1.29 is 9.53 Å². The number of benzene rings is 2. The van der Waals surface area contributed by atoms with Crippen LogP contribution in [0.15, 0.2) is 48.5 Å². The highest BCUT2D eigenvalue weighted by atomic mass is 35.5. The molecule has 0 N–H and O–H groups in total. The van der Waals surface area contributed by atoms with Crippen LogP contribution in [0.3, 0.4) is 0 Å². The topological polar surface area (TPSA) is 36.0 Å². The summed E-state index contributed by atoms with van der Waals surface area (Å²) in [5.41, 5.74) is 2.10. The fourth-order valence-corrected chi connectivity index (χ4v) is 4.09. The van der Waals surface area contributed by atoms with E-state index in [1.807, 2.05) is 47.4 Å². The van der Waals surface area contributed by atoms with Gasteiger partial charge in [-0.3, -0.25) is 9.69 Å². The van der Waals surface area contributed by atoms with E-state index in [1.165, 1.54) is 5.69 Å². The number of halogens is 1. The van der Waals surface area contributed by atoms with Gasteiger partial charge in [0.25, 0.3) is 5.91 Å². The number of hydrogen-bond acceptors (Lipinski definition) is 4. The molecule has 0 aromatic heterocycles. The molecule has 2 aromatic carbocycles. The molecule has 1 fully saturated rings. The Kier molecular flexibility index (Phi) is 6.03. The van der Waals surface area contributed by atoms with Gasteiger partial charge in [-0.05, 0) is 49.7 Å². The standard InChI is InChI=1S/C22H26ClN3O2/c23-18-6-5-7-19(16-18)25-14-12-24(13-15-25)10-3-4-11-26-20-8-1-2-9-21(20)28-17-22(26)27/h1-2,5-9,16H,3-4,10-15,17H2. The van der Waals surface area contributed by atoms with E-state index >= 15 is 0 Å². The van der Waals surface area contributed by atoms with Gasteiger partial charge in [-0.25, -0.2) is 0 Å². The van der Waals surface area contributed by atoms with Gasteiger partial charge in [0.05, 0.1) is 5.69 Å². The van der Waals surface area contributed by atoms with Gasteiger partial charge in [0.15, 0.2) is 6.61 Å². The summed E-state index contributed by atoms with van der Waals surface area (Å²) in [6.45, 7) is 6.14. The molecule has 1 amide bonds. The quantitative estimate of drug-likeness (QED) is 0.694. The van der Waals surface area contributed by atoms with Crippen molar-refractivity contribution >= 4 is 28.9 Å². The van der Waals surface area contributed by atoms with Gasteiger partial charge >= 0.3 is 0 Å². The number of amides is 1. The Hall–Kier alpha value is -2.24. The maximum Gasteiger partial charge on any atom is 0.265 e. The van der Waals surface area contributed by atoms with E-state index in [1.54, 1.807) is 0 Å². The third kappa shape index (κ3) is 4.42. The monoisotopic (exact) mass is 399 g/mol. The molecule has 0 bridgehead atoms. The number of para-hydroxylation sites is 2. The second kappa shape index (κ2) is 8.84. The fourth-order valence-electron chi connectivity index (χ4n) is 3.91. The maximum absolute atomic E-state index is 12.2. The van der Waals surface area contributed by atoms with Gasteiger partial charge in [0.1, 0.15) is 5.75 Å². The van der Waals surface area contributed by atoms with Gasteiger partial charge in [0.2, 0.25) is 0 Å². The lowest BCUT2D eigenvalue weighted by Gasteiger charge is -2.36. The van der Waals surface area contributed by atoms with E-state index in [9.17, 15) is 4.79 Å². The van der Waals surface area contributed by atoms with Crippen LogP contribution in [0.1, 0.15) is 12.8 Å². The minimum atomic E-state index is 0.0498. The number of carbonyl (C=O) groups excluding carboxylic acids is 1. The fraction of sp³-hybridized carbons (Fsp3) is 0.409. The number of piperazine rings is 1. The molecule has 0 atom stereocenters. The number of nitrogens with zero attached hydrogens (tertiary/aromatic N) is 3. The molecule has 28 heavy (non-hydrogen) atoms. The zero-order chi connectivity index (χ0) is 19.3. The molecule has 2 heterocycles. The summed E-state index contributed by atoms with van der Waals surface area (Å²) in [6.07, 6.45) is 2.08. The molecule has 0 spiro atoms. The minimum Gasteiger partial charge on any atom is -0.482 e. The van der Waals surface area contributed by atoms with E-state index in [-0.39, 0.29) is 12.5 Å². The van der Waals surface area contributed by atoms with E-state index < -0.39 is 0 Å². The molecule has 5 nitrogen and oxygen atoms in total. The Balaban J connectivity index is 1.21. The summed E-state index contributed by atoms with van der Waals surface area (Å²) in [6, 6.07) is 15.9. The molecule has 2 aliphatic heterocycles. The minimum absolute atomic E-state index is 0.0498. The first-order valence-corrected chi connectivity index (χ1v) is 10.3. The highest BCUT2D eigenvalue weighted by Crippen LogP contribution is 2.31. The summed E-state index contributed by atoms with van der Waals surface area (Å²) in [7, 11) is 0. The molecule has 0 aliphatic carbocycles. The molecule has 2 aliphatic rings. The second-order valence-electron chi connectivity index (χ2n) is 7.32. The van der Waals surface area contributed by atoms with Crippen LogP contribution in [-0.2, 0) is 4.79 Å². The third-order valence-corrected chi connectivity index (χ3v) is 5.70. The zero-order valence-corrected chi connectivity index (χ0v) is 16.8. The number of fused-ring (bicyclic) bond motifs is 1. The molecule has 4 rings (SSSR count). The van der Waals surface area contributed by atoms with Crippen molar-refractivity contribution in [1.82, 2.24) is 4.90 Å². The molecular formula is C22H26ClN3O2. The van der Waals surface area contributed by atoms with E-state index in [0.717, 1.165) is 68.6 Å². The van der Waals surface area contributed by atoms with Crippen LogP contribution in [0.4, 0.5) is 11.4 Å². The summed E-state index contributed by atoms with van der Waals surface area (Å²) in [5, 5.41) is 0.791. The number of anilines is 2. The number of ether oxygens (including phenoxy) is 1. The van der Waals surface area contributed by atoms with Crippen molar-refractivity contribution in [3.05, 3.63) is 53.6 Å². The van der Waals surface area contributed by atoms with Crippen LogP contribution in [-0.4, -0.2) is 56.7 Å². The molecule has 0 saturated carbocycles. The Morgan fingerprint density at radius 3 is 2.54 bits per heavy atom. The smallest absolute Gasteiger partial charge is 0.265 e. The largest absolute Gasteiger partial charge is 0.482 e. The maximum atomic E-state index is 12.2. The summed E-state index contributed by atoms with van der Waals surface area (Å²) in [4.78, 5) is 19.0. The van der Waals surface area contributed by atoms with Gasteiger partial charge < -0.3 is 14.5 Å². The predicted molar refractivity (Wildman–Crippen MR) is 114 cm³/mol. The highest BCUT2D eigenvalue weighted by Gasteiger charge is 2.24. The average Bonchev–Trinajstić information content (AvgIpc) is 2.73. The Bertz CT molecular complexity index is 821. The number of rotatable bonds is 6. The number of carbonyl (C=O) groups is 1. The van der Waals surface area contributed by atoms with Crippen molar-refractivity contribution in [2.24, 2.45) is 0 Å². The van der Waals surface area contributed by atoms with Crippen molar-refractivity contribution in [2.75, 3.05) is 55.7 Å². The first-order chi connectivity index (χ1) is 13.7. The second-order valence-corrected chi connectivity index (χ2v) is 7.75. The third-order valence-electron chi connectivity index (χ3n) is 5.46. The SMILES string of the molecule is O=C1COc2ccccc2N1CCCCN1CCN(c2cccc(Cl)c2)CC1. The summed E-state index contributed by atoms with van der Waals surface area (Å²) in [5.74, 6) is 0.855. The lowest BCUT2D eigenvalue weighted by Crippen LogP contribution is -2.46. The zero-order valence-electron chi connectivity index (χ0n) is 16.0. The van der Waals surface area contributed by atoms with E-state index in [0.29, 0.717) is 0 Å². The van der Waals surface area contributed by atoms with Crippen LogP contribution in [0.25, 0.3) is 0 Å². The van der Waals surface area contributed by atoms with Crippen molar-refractivity contribution in [3.63, 3.8) is 0 Å². The molecule has 6 heteroatoms. The van der Waals surface area contributed by atoms with Crippen molar-refractivity contribution in [1.29, 1.82) is 0 Å². The normalized spacial score (nSPS) is 17.4. The lowest BCUT2D eigenvalue weighted by atomic mass is 10.2. The molecule has 1 saturated heterocycles. The van der Waals surface area contributed by atoms with Crippen LogP contribution >= 0.6 is 11.6 Å². The molecular weight excluding hydrogens is 374 g/mol. The van der Waals surface area contributed by atoms with Gasteiger partial charge in [-0.2, -0.15) is 0 Å². The average molecular weight is 400 g/mol. The van der Waals surface area contributed by atoms with Gasteiger partial charge in [-0.1, -0.05) is 29.8 Å². The van der Waals surface area contributed by atoms with Gasteiger partial charge in [-0.15, -0.1) is 0 Å². The first-order valence-electron chi connectivity index (χ1n) is 9.96. The van der Waals surface area contributed by atoms with E-state index in [4.69, 9.17) is 16.3 Å². The van der Waals surface area contributed by atoms with Crippen LogP contribution < -0.4 is 14.5 Å². The van der Waals surface area contributed by atoms with E-state index in [2.05, 4.69) is 15.9 Å². The molecule has 2 aromatic rings. The van der Waals surface area contributed by atoms with Crippen LogP contribution in [0.5, 0.6) is 5.75 Å². The van der Waals surface area contributed by atoms with Crippen molar-refractivity contribution in [2.45, 2.75) is 12.8 Å². The van der Waals surface area contributed by atoms with Crippen molar-refractivity contribution in [3.8, 4) is 5.75 Å². The molecule has 0 unspecified atom stereocenters. The predicted octanol–water partition coefficient (Wildman–Crippen LogP) is 3.67.